The van der Waals surface area contributed by atoms with Crippen molar-refractivity contribution in [2.75, 3.05) is 13.1 Å². The Kier molecular flexibility index (Phi) is 4.71. The Bertz CT molecular complexity index is 314. The lowest BCUT2D eigenvalue weighted by Crippen LogP contribution is -2.47. The van der Waals surface area contributed by atoms with Crippen LogP contribution in [-0.4, -0.2) is 31.2 Å². The number of alkyl halides is 3. The Balaban J connectivity index is 1.83. The van der Waals surface area contributed by atoms with Crippen LogP contribution in [0.25, 0.3) is 0 Å². The number of hydrogen-bond donors (Lipinski definition) is 2. The van der Waals surface area contributed by atoms with Crippen LogP contribution < -0.4 is 10.6 Å². The average Bonchev–Trinajstić information content (AvgIpc) is 2.39. The van der Waals surface area contributed by atoms with E-state index < -0.39 is 12.1 Å². The lowest BCUT2D eigenvalue weighted by Gasteiger charge is -2.32. The maximum Gasteiger partial charge on any atom is 0.391 e. The number of piperidine rings is 1. The Morgan fingerprint density at radius 1 is 1.16 bits per heavy atom. The number of rotatable bonds is 2. The molecule has 0 aromatic carbocycles. The topological polar surface area (TPSA) is 41.1 Å². The maximum absolute atomic E-state index is 12.7. The molecule has 3 nitrogen and oxygen atoms in total. The highest BCUT2D eigenvalue weighted by Gasteiger charge is 2.42. The van der Waals surface area contributed by atoms with Crippen molar-refractivity contribution in [3.63, 3.8) is 0 Å². The number of halogens is 3. The first-order valence-corrected chi connectivity index (χ1v) is 7.04. The van der Waals surface area contributed by atoms with Gasteiger partial charge in [-0.25, -0.2) is 0 Å². The summed E-state index contributed by atoms with van der Waals surface area (Å²) in [6.45, 7) is 1.56. The molecule has 1 heterocycles. The van der Waals surface area contributed by atoms with Gasteiger partial charge in [-0.05, 0) is 38.6 Å². The van der Waals surface area contributed by atoms with Gasteiger partial charge in [-0.3, -0.25) is 4.79 Å². The molecule has 0 aromatic rings. The first kappa shape index (κ1) is 14.6. The molecule has 1 aliphatic carbocycles. The zero-order valence-electron chi connectivity index (χ0n) is 10.9. The van der Waals surface area contributed by atoms with Crippen molar-refractivity contribution in [3.8, 4) is 0 Å². The third kappa shape index (κ3) is 4.09. The zero-order chi connectivity index (χ0) is 13.9. The average molecular weight is 278 g/mol. The highest BCUT2D eigenvalue weighted by atomic mass is 19.4. The van der Waals surface area contributed by atoms with Gasteiger partial charge in [0.2, 0.25) is 5.91 Å². The lowest BCUT2D eigenvalue weighted by atomic mass is 9.85. The minimum atomic E-state index is -4.13. The summed E-state index contributed by atoms with van der Waals surface area (Å²) in [5.41, 5.74) is 0. The first-order chi connectivity index (χ1) is 8.97. The van der Waals surface area contributed by atoms with Gasteiger partial charge >= 0.3 is 6.18 Å². The van der Waals surface area contributed by atoms with E-state index in [1.807, 2.05) is 0 Å². The third-order valence-corrected chi connectivity index (χ3v) is 4.15. The van der Waals surface area contributed by atoms with Crippen LogP contribution in [0.1, 0.15) is 38.5 Å². The first-order valence-electron chi connectivity index (χ1n) is 7.04. The normalized spacial score (nSPS) is 32.9. The van der Waals surface area contributed by atoms with E-state index in [1.54, 1.807) is 0 Å². The molecule has 0 bridgehead atoms. The number of carbonyl (C=O) groups is 1. The highest BCUT2D eigenvalue weighted by molar-refractivity contribution is 5.79. The highest BCUT2D eigenvalue weighted by Crippen LogP contribution is 2.37. The van der Waals surface area contributed by atoms with Crippen molar-refractivity contribution >= 4 is 5.91 Å². The van der Waals surface area contributed by atoms with E-state index in [9.17, 15) is 18.0 Å². The molecule has 3 atom stereocenters. The molecule has 1 aliphatic heterocycles. The maximum atomic E-state index is 12.7. The number of amides is 1. The lowest BCUT2D eigenvalue weighted by molar-refractivity contribution is -0.184. The van der Waals surface area contributed by atoms with E-state index >= 15 is 0 Å². The molecule has 1 saturated carbocycles. The van der Waals surface area contributed by atoms with Crippen molar-refractivity contribution in [2.45, 2.75) is 50.7 Å². The molecule has 1 saturated heterocycles. The van der Waals surface area contributed by atoms with Gasteiger partial charge in [0, 0.05) is 12.6 Å². The summed E-state index contributed by atoms with van der Waals surface area (Å²) >= 11 is 0. The van der Waals surface area contributed by atoms with Crippen LogP contribution in [-0.2, 0) is 4.79 Å². The smallest absolute Gasteiger partial charge is 0.353 e. The summed E-state index contributed by atoms with van der Waals surface area (Å²) in [6.07, 6.45) is -0.912. The fraction of sp³-hybridized carbons (Fsp3) is 0.923. The van der Waals surface area contributed by atoms with Crippen LogP contribution in [0.3, 0.4) is 0 Å². The Morgan fingerprint density at radius 2 is 1.95 bits per heavy atom. The van der Waals surface area contributed by atoms with Crippen molar-refractivity contribution in [2.24, 2.45) is 11.8 Å². The van der Waals surface area contributed by atoms with E-state index in [2.05, 4.69) is 10.6 Å². The van der Waals surface area contributed by atoms with Gasteiger partial charge in [0.15, 0.2) is 0 Å². The van der Waals surface area contributed by atoms with Crippen LogP contribution in [0.15, 0.2) is 0 Å². The predicted molar refractivity (Wildman–Crippen MR) is 65.5 cm³/mol. The summed E-state index contributed by atoms with van der Waals surface area (Å²) in [5, 5.41) is 5.96. The van der Waals surface area contributed by atoms with Gasteiger partial charge in [0.05, 0.1) is 11.8 Å². The predicted octanol–water partition coefficient (Wildman–Crippen LogP) is 2.22. The molecular formula is C13H21F3N2O. The van der Waals surface area contributed by atoms with Crippen LogP contribution in [0.2, 0.25) is 0 Å². The second-order valence-corrected chi connectivity index (χ2v) is 5.65. The molecule has 2 rings (SSSR count). The molecule has 1 amide bonds. The summed E-state index contributed by atoms with van der Waals surface area (Å²) in [7, 11) is 0. The molecule has 110 valence electrons. The van der Waals surface area contributed by atoms with Gasteiger partial charge < -0.3 is 10.6 Å². The number of hydrogen-bond acceptors (Lipinski definition) is 2. The molecule has 2 fully saturated rings. The number of carbonyl (C=O) groups excluding carboxylic acids is 1. The molecule has 19 heavy (non-hydrogen) atoms. The van der Waals surface area contributed by atoms with Crippen molar-refractivity contribution in [1.29, 1.82) is 0 Å². The van der Waals surface area contributed by atoms with Gasteiger partial charge in [-0.15, -0.1) is 0 Å². The Morgan fingerprint density at radius 3 is 2.58 bits per heavy atom. The standard InChI is InChI=1S/C13H21F3N2O/c14-13(15,16)10-4-1-5-11(7-10)18-12(19)9-3-2-6-17-8-9/h9-11,17H,1-8H2,(H,18,19). The van der Waals surface area contributed by atoms with Crippen LogP contribution in [0.4, 0.5) is 13.2 Å². The largest absolute Gasteiger partial charge is 0.391 e. The number of nitrogens with one attached hydrogen (secondary N) is 2. The molecule has 2 aliphatic rings. The van der Waals surface area contributed by atoms with Crippen molar-refractivity contribution < 1.29 is 18.0 Å². The molecule has 3 unspecified atom stereocenters. The summed E-state index contributed by atoms with van der Waals surface area (Å²) in [5.74, 6) is -1.42. The van der Waals surface area contributed by atoms with E-state index in [4.69, 9.17) is 0 Å². The quantitative estimate of drug-likeness (QED) is 0.813. The van der Waals surface area contributed by atoms with Crippen LogP contribution in [0.5, 0.6) is 0 Å². The fourth-order valence-electron chi connectivity index (χ4n) is 3.01. The molecule has 0 aromatic heterocycles. The van der Waals surface area contributed by atoms with Crippen molar-refractivity contribution in [1.82, 2.24) is 10.6 Å². The Labute approximate surface area is 111 Å². The third-order valence-electron chi connectivity index (χ3n) is 4.15. The molecular weight excluding hydrogens is 257 g/mol. The molecule has 0 radical (unpaired) electrons. The second-order valence-electron chi connectivity index (χ2n) is 5.65. The monoisotopic (exact) mass is 278 g/mol. The SMILES string of the molecule is O=C(NC1CCCC(C(F)(F)F)C1)C1CCCNC1. The molecule has 2 N–H and O–H groups in total. The van der Waals surface area contributed by atoms with Crippen molar-refractivity contribution in [3.05, 3.63) is 0 Å². The Hall–Kier alpha value is -0.780. The van der Waals surface area contributed by atoms with E-state index in [0.717, 1.165) is 19.4 Å². The fourth-order valence-corrected chi connectivity index (χ4v) is 3.01. The molecule has 0 spiro atoms. The minimum absolute atomic E-state index is 0.0371. The summed E-state index contributed by atoms with van der Waals surface area (Å²) < 4.78 is 38.1. The summed E-state index contributed by atoms with van der Waals surface area (Å²) in [6, 6.07) is -0.310. The summed E-state index contributed by atoms with van der Waals surface area (Å²) in [4.78, 5) is 12.0. The van der Waals surface area contributed by atoms with Gasteiger partial charge in [-0.1, -0.05) is 6.42 Å². The van der Waals surface area contributed by atoms with E-state index in [1.165, 1.54) is 0 Å². The molecule has 6 heteroatoms. The van der Waals surface area contributed by atoms with Gasteiger partial charge in [0.25, 0.3) is 0 Å². The van der Waals surface area contributed by atoms with Gasteiger partial charge in [-0.2, -0.15) is 13.2 Å². The van der Waals surface area contributed by atoms with Gasteiger partial charge in [0.1, 0.15) is 0 Å². The van der Waals surface area contributed by atoms with E-state index in [0.29, 0.717) is 19.4 Å². The second kappa shape index (κ2) is 6.11. The minimum Gasteiger partial charge on any atom is -0.353 e. The van der Waals surface area contributed by atoms with E-state index in [-0.39, 0.29) is 30.7 Å². The van der Waals surface area contributed by atoms with Crippen LogP contribution in [0, 0.1) is 11.8 Å². The zero-order valence-corrected chi connectivity index (χ0v) is 10.9. The van der Waals surface area contributed by atoms with Crippen LogP contribution >= 0.6 is 0 Å².